The summed E-state index contributed by atoms with van der Waals surface area (Å²) in [5, 5.41) is 2.92. The van der Waals surface area contributed by atoms with Crippen molar-refractivity contribution in [3.8, 4) is 0 Å². The van der Waals surface area contributed by atoms with Gasteiger partial charge >= 0.3 is 0 Å². The zero-order valence-corrected chi connectivity index (χ0v) is 20.6. The zero-order valence-electron chi connectivity index (χ0n) is 19.8. The molecule has 1 amide bonds. The highest BCUT2D eigenvalue weighted by Crippen LogP contribution is 2.33. The molecule has 1 aromatic carbocycles. The Morgan fingerprint density at radius 2 is 1.97 bits per heavy atom. The fourth-order valence-corrected chi connectivity index (χ4v) is 5.12. The molecule has 0 spiro atoms. The number of ether oxygens (including phenoxy) is 2. The van der Waals surface area contributed by atoms with Crippen LogP contribution in [0.3, 0.4) is 0 Å². The van der Waals surface area contributed by atoms with Gasteiger partial charge in [-0.25, -0.2) is 12.8 Å². The summed E-state index contributed by atoms with van der Waals surface area (Å²) in [7, 11) is -3.52. The number of nitrogens with zero attached hydrogens (tertiary/aromatic N) is 1. The first-order valence-electron chi connectivity index (χ1n) is 11.3. The minimum absolute atomic E-state index is 0.146. The molecule has 34 heavy (non-hydrogen) atoms. The third-order valence-corrected chi connectivity index (χ3v) is 6.99. The van der Waals surface area contributed by atoms with Crippen LogP contribution in [-0.2, 0) is 42.9 Å². The fourth-order valence-electron chi connectivity index (χ4n) is 4.50. The van der Waals surface area contributed by atoms with E-state index in [1.54, 1.807) is 19.9 Å². The molecule has 8 nitrogen and oxygen atoms in total. The molecule has 0 unspecified atom stereocenters. The van der Waals surface area contributed by atoms with Crippen molar-refractivity contribution in [3.63, 3.8) is 0 Å². The Hall–Kier alpha value is -2.56. The van der Waals surface area contributed by atoms with E-state index in [2.05, 4.69) is 10.0 Å². The Bertz CT molecular complexity index is 1210. The topological polar surface area (TPSA) is 107 Å². The van der Waals surface area contributed by atoms with E-state index in [1.807, 2.05) is 19.1 Å². The molecule has 2 aliphatic rings. The molecule has 2 N–H and O–H groups in total. The van der Waals surface area contributed by atoms with Crippen LogP contribution in [-0.4, -0.2) is 38.8 Å². The molecule has 1 saturated heterocycles. The van der Waals surface area contributed by atoms with Crippen LogP contribution in [0.2, 0.25) is 0 Å². The van der Waals surface area contributed by atoms with Gasteiger partial charge in [0.25, 0.3) is 0 Å². The smallest absolute Gasteiger partial charge is 0.229 e. The van der Waals surface area contributed by atoms with Gasteiger partial charge in [-0.15, -0.1) is 0 Å². The van der Waals surface area contributed by atoms with Gasteiger partial charge in [0.1, 0.15) is 5.82 Å². The summed E-state index contributed by atoms with van der Waals surface area (Å²) in [6.45, 7) is 6.33. The lowest BCUT2D eigenvalue weighted by atomic mass is 9.85. The normalized spacial score (nSPS) is 20.4. The fraction of sp³-hybridized carbons (Fsp3) is 0.500. The van der Waals surface area contributed by atoms with Crippen LogP contribution in [0.4, 0.5) is 10.1 Å². The Labute approximate surface area is 199 Å². The SMILES string of the molecule is Cc1cc([C@@H](C)NC(=O)[C@@H]2CCc3nc(C4(C)OCCO4)ccc3C2)c(F)cc1NS(C)(=O)=O. The summed E-state index contributed by atoms with van der Waals surface area (Å²) >= 11 is 0. The van der Waals surface area contributed by atoms with Gasteiger partial charge < -0.3 is 14.8 Å². The van der Waals surface area contributed by atoms with Gasteiger partial charge in [0.15, 0.2) is 0 Å². The molecule has 0 saturated carbocycles. The molecular formula is C24H30FN3O5S. The number of rotatable bonds is 6. The quantitative estimate of drug-likeness (QED) is 0.643. The van der Waals surface area contributed by atoms with Crippen molar-refractivity contribution >= 4 is 21.6 Å². The van der Waals surface area contributed by atoms with E-state index in [-0.39, 0.29) is 17.5 Å². The van der Waals surface area contributed by atoms with Gasteiger partial charge in [0.05, 0.1) is 36.9 Å². The Morgan fingerprint density at radius 3 is 2.65 bits per heavy atom. The zero-order chi connectivity index (χ0) is 24.7. The molecule has 0 radical (unpaired) electrons. The minimum atomic E-state index is -3.52. The van der Waals surface area contributed by atoms with Crippen LogP contribution in [0, 0.1) is 18.7 Å². The molecule has 184 valence electrons. The molecule has 1 aliphatic carbocycles. The van der Waals surface area contributed by atoms with Crippen LogP contribution < -0.4 is 10.0 Å². The molecule has 2 heterocycles. The van der Waals surface area contributed by atoms with Crippen LogP contribution in [0.25, 0.3) is 0 Å². The van der Waals surface area contributed by atoms with Gasteiger partial charge in [-0.2, -0.15) is 0 Å². The minimum Gasteiger partial charge on any atom is -0.349 e. The molecule has 1 fully saturated rings. The number of fused-ring (bicyclic) bond motifs is 1. The highest BCUT2D eigenvalue weighted by molar-refractivity contribution is 7.92. The lowest BCUT2D eigenvalue weighted by molar-refractivity contribution is -0.153. The van der Waals surface area contributed by atoms with Gasteiger partial charge in [-0.05, 0) is 69.4 Å². The van der Waals surface area contributed by atoms with Crippen molar-refractivity contribution in [2.75, 3.05) is 24.2 Å². The number of aromatic nitrogens is 1. The highest BCUT2D eigenvalue weighted by Gasteiger charge is 2.36. The second-order valence-electron chi connectivity index (χ2n) is 9.18. The van der Waals surface area contributed by atoms with E-state index in [0.717, 1.165) is 29.3 Å². The maximum Gasteiger partial charge on any atom is 0.229 e. The molecule has 10 heteroatoms. The van der Waals surface area contributed by atoms with E-state index in [0.29, 0.717) is 43.6 Å². The number of sulfonamides is 1. The number of carbonyl (C=O) groups excluding carboxylic acids is 1. The van der Waals surface area contributed by atoms with E-state index < -0.39 is 27.7 Å². The summed E-state index contributed by atoms with van der Waals surface area (Å²) in [5.74, 6) is -1.80. The van der Waals surface area contributed by atoms with E-state index in [1.165, 1.54) is 0 Å². The molecule has 2 atom stereocenters. The molecular weight excluding hydrogens is 461 g/mol. The Kier molecular flexibility index (Phi) is 6.67. The van der Waals surface area contributed by atoms with E-state index >= 15 is 0 Å². The summed E-state index contributed by atoms with van der Waals surface area (Å²) in [5.41, 5.74) is 3.76. The Morgan fingerprint density at radius 1 is 1.26 bits per heavy atom. The molecule has 1 aliphatic heterocycles. The van der Waals surface area contributed by atoms with E-state index in [4.69, 9.17) is 14.5 Å². The van der Waals surface area contributed by atoms with Crippen molar-refractivity contribution in [1.29, 1.82) is 0 Å². The Balaban J connectivity index is 1.43. The van der Waals surface area contributed by atoms with Crippen LogP contribution in [0.15, 0.2) is 24.3 Å². The molecule has 0 bridgehead atoms. The number of hydrogen-bond donors (Lipinski definition) is 2. The van der Waals surface area contributed by atoms with Crippen LogP contribution in [0.5, 0.6) is 0 Å². The predicted molar refractivity (Wildman–Crippen MR) is 125 cm³/mol. The van der Waals surface area contributed by atoms with Gasteiger partial charge in [-0.1, -0.05) is 6.07 Å². The van der Waals surface area contributed by atoms with Crippen LogP contribution in [0.1, 0.15) is 54.4 Å². The predicted octanol–water partition coefficient (Wildman–Crippen LogP) is 3.10. The molecule has 2 aromatic rings. The first-order chi connectivity index (χ1) is 15.9. The largest absolute Gasteiger partial charge is 0.349 e. The third-order valence-electron chi connectivity index (χ3n) is 6.40. The van der Waals surface area contributed by atoms with E-state index in [9.17, 15) is 17.6 Å². The third kappa shape index (κ3) is 5.24. The lowest BCUT2D eigenvalue weighted by Crippen LogP contribution is -2.36. The second-order valence-corrected chi connectivity index (χ2v) is 10.9. The number of anilines is 1. The average molecular weight is 492 g/mol. The maximum atomic E-state index is 14.7. The number of carbonyl (C=O) groups is 1. The second kappa shape index (κ2) is 9.24. The number of amides is 1. The van der Waals surface area contributed by atoms with Gasteiger partial charge in [0, 0.05) is 17.2 Å². The number of aryl methyl sites for hydroxylation is 2. The number of nitrogens with one attached hydrogen (secondary N) is 2. The summed E-state index contributed by atoms with van der Waals surface area (Å²) in [4.78, 5) is 17.7. The van der Waals surface area contributed by atoms with Crippen molar-refractivity contribution in [3.05, 3.63) is 58.2 Å². The average Bonchev–Trinajstić information content (AvgIpc) is 3.22. The summed E-state index contributed by atoms with van der Waals surface area (Å²) in [6, 6.07) is 6.00. The highest BCUT2D eigenvalue weighted by atomic mass is 32.2. The summed E-state index contributed by atoms with van der Waals surface area (Å²) in [6.07, 6.45) is 2.86. The summed E-state index contributed by atoms with van der Waals surface area (Å²) < 4.78 is 51.4. The number of pyridine rings is 1. The molecule has 1 aromatic heterocycles. The van der Waals surface area contributed by atoms with Crippen molar-refractivity contribution in [2.24, 2.45) is 5.92 Å². The maximum absolute atomic E-state index is 14.7. The number of benzene rings is 1. The van der Waals surface area contributed by atoms with Crippen molar-refractivity contribution in [2.45, 2.75) is 51.9 Å². The standard InChI is InChI=1S/C24H30FN3O5S/c1-14-11-18(19(25)13-21(14)28-34(4,30)31)15(2)26-23(29)17-5-7-20-16(12-17)6-8-22(27-20)24(3)32-9-10-33-24/h6,8,11,13,15,17,28H,5,7,9-10,12H2,1-4H3,(H,26,29)/t15-,17-/m1/s1. The lowest BCUT2D eigenvalue weighted by Gasteiger charge is -2.27. The van der Waals surface area contributed by atoms with Crippen LogP contribution >= 0.6 is 0 Å². The number of hydrogen-bond acceptors (Lipinski definition) is 6. The van der Waals surface area contributed by atoms with Crippen molar-refractivity contribution in [1.82, 2.24) is 10.3 Å². The molecule has 4 rings (SSSR count). The monoisotopic (exact) mass is 491 g/mol. The van der Waals surface area contributed by atoms with Crippen molar-refractivity contribution < 1.29 is 27.1 Å². The van der Waals surface area contributed by atoms with Gasteiger partial charge in [-0.3, -0.25) is 14.5 Å². The first-order valence-corrected chi connectivity index (χ1v) is 13.2. The number of halogens is 1. The first kappa shape index (κ1) is 24.6. The van der Waals surface area contributed by atoms with Gasteiger partial charge in [0.2, 0.25) is 21.7 Å².